The van der Waals surface area contributed by atoms with Gasteiger partial charge in [0.25, 0.3) is 11.6 Å². The van der Waals surface area contributed by atoms with E-state index in [9.17, 15) is 28.5 Å². The molecular weight excluding hydrogens is 350 g/mol. The molecule has 0 radical (unpaired) electrons. The third-order valence-corrected chi connectivity index (χ3v) is 3.60. The van der Waals surface area contributed by atoms with Crippen molar-refractivity contribution in [3.05, 3.63) is 75.3 Å². The van der Waals surface area contributed by atoms with Gasteiger partial charge in [0.2, 0.25) is 0 Å². The molecule has 7 nitrogen and oxygen atoms in total. The fraction of sp³-hybridized carbons (Fsp3) is 0.176. The Morgan fingerprint density at radius 1 is 1.19 bits per heavy atom. The standard InChI is InChI=1S/C17H14F2N2O5/c1-26-17(23)13(9-10-5-2-3-8-14(10)21(24)25)20-16(22)11-6-4-7-12(18)15(11)19/h2-8,13H,9H2,1H3,(H,20,22)/t13-/m1/s1. The Morgan fingerprint density at radius 3 is 2.54 bits per heavy atom. The van der Waals surface area contributed by atoms with E-state index in [0.29, 0.717) is 0 Å². The molecule has 1 atom stereocenters. The van der Waals surface area contributed by atoms with Crippen molar-refractivity contribution in [3.8, 4) is 0 Å². The number of halogens is 2. The van der Waals surface area contributed by atoms with Crippen molar-refractivity contribution in [1.82, 2.24) is 5.32 Å². The van der Waals surface area contributed by atoms with Gasteiger partial charge >= 0.3 is 5.97 Å². The first kappa shape index (κ1) is 19.0. The molecular formula is C17H14F2N2O5. The number of rotatable bonds is 6. The number of hydrogen-bond donors (Lipinski definition) is 1. The predicted octanol–water partition coefficient (Wildman–Crippen LogP) is 2.39. The van der Waals surface area contributed by atoms with Crippen LogP contribution in [-0.2, 0) is 16.0 Å². The van der Waals surface area contributed by atoms with E-state index in [2.05, 4.69) is 10.1 Å². The summed E-state index contributed by atoms with van der Waals surface area (Å²) in [6, 6.07) is 7.37. The number of ether oxygens (including phenoxy) is 1. The Balaban J connectivity index is 2.29. The molecule has 0 aliphatic heterocycles. The number of carbonyl (C=O) groups excluding carboxylic acids is 2. The first-order valence-corrected chi connectivity index (χ1v) is 7.40. The lowest BCUT2D eigenvalue weighted by molar-refractivity contribution is -0.385. The third kappa shape index (κ3) is 4.18. The van der Waals surface area contributed by atoms with Crippen LogP contribution >= 0.6 is 0 Å². The number of nitrogens with zero attached hydrogens (tertiary/aromatic N) is 1. The molecule has 0 heterocycles. The maximum absolute atomic E-state index is 13.7. The van der Waals surface area contributed by atoms with Crippen LogP contribution in [0.1, 0.15) is 15.9 Å². The largest absolute Gasteiger partial charge is 0.467 e. The van der Waals surface area contributed by atoms with Crippen molar-refractivity contribution in [2.24, 2.45) is 0 Å². The summed E-state index contributed by atoms with van der Waals surface area (Å²) in [5.41, 5.74) is -0.665. The van der Waals surface area contributed by atoms with Crippen LogP contribution in [0.3, 0.4) is 0 Å². The Labute approximate surface area is 146 Å². The molecule has 1 amide bonds. The number of amides is 1. The summed E-state index contributed by atoms with van der Waals surface area (Å²) in [4.78, 5) is 34.6. The first-order chi connectivity index (χ1) is 12.3. The molecule has 2 aromatic carbocycles. The number of methoxy groups -OCH3 is 1. The van der Waals surface area contributed by atoms with Crippen LogP contribution in [0.2, 0.25) is 0 Å². The molecule has 0 saturated heterocycles. The zero-order valence-corrected chi connectivity index (χ0v) is 13.6. The summed E-state index contributed by atoms with van der Waals surface area (Å²) in [5, 5.41) is 13.3. The zero-order valence-electron chi connectivity index (χ0n) is 13.6. The molecule has 0 saturated carbocycles. The number of hydrogen-bond acceptors (Lipinski definition) is 5. The summed E-state index contributed by atoms with van der Waals surface area (Å²) in [5.74, 6) is -4.51. The lowest BCUT2D eigenvalue weighted by atomic mass is 10.0. The summed E-state index contributed by atoms with van der Waals surface area (Å²) in [7, 11) is 1.07. The monoisotopic (exact) mass is 364 g/mol. The van der Waals surface area contributed by atoms with Crippen LogP contribution in [0, 0.1) is 21.7 Å². The molecule has 2 aromatic rings. The van der Waals surface area contributed by atoms with E-state index in [1.165, 1.54) is 24.3 Å². The fourth-order valence-electron chi connectivity index (χ4n) is 2.33. The van der Waals surface area contributed by atoms with Gasteiger partial charge in [-0.25, -0.2) is 13.6 Å². The Hall–Kier alpha value is -3.36. The highest BCUT2D eigenvalue weighted by molar-refractivity contribution is 5.97. The molecule has 136 valence electrons. The van der Waals surface area contributed by atoms with Gasteiger partial charge in [0.1, 0.15) is 6.04 Å². The maximum atomic E-state index is 13.7. The molecule has 9 heteroatoms. The topological polar surface area (TPSA) is 98.5 Å². The molecule has 0 unspecified atom stereocenters. The number of benzene rings is 2. The van der Waals surface area contributed by atoms with Gasteiger partial charge in [-0.2, -0.15) is 0 Å². The van der Waals surface area contributed by atoms with Gasteiger partial charge < -0.3 is 10.1 Å². The number of esters is 1. The second-order valence-corrected chi connectivity index (χ2v) is 5.24. The van der Waals surface area contributed by atoms with Crippen LogP contribution in [0.4, 0.5) is 14.5 Å². The molecule has 0 spiro atoms. The molecule has 0 aliphatic rings. The molecule has 0 fully saturated rings. The maximum Gasteiger partial charge on any atom is 0.328 e. The second-order valence-electron chi connectivity index (χ2n) is 5.24. The number of carbonyl (C=O) groups is 2. The van der Waals surface area contributed by atoms with Crippen LogP contribution in [0.25, 0.3) is 0 Å². The molecule has 1 N–H and O–H groups in total. The smallest absolute Gasteiger partial charge is 0.328 e. The highest BCUT2D eigenvalue weighted by Gasteiger charge is 2.27. The lowest BCUT2D eigenvalue weighted by Crippen LogP contribution is -2.43. The van der Waals surface area contributed by atoms with Gasteiger partial charge in [-0.1, -0.05) is 24.3 Å². The van der Waals surface area contributed by atoms with Crippen LogP contribution in [0.15, 0.2) is 42.5 Å². The molecule has 0 bridgehead atoms. The summed E-state index contributed by atoms with van der Waals surface area (Å²) in [6.45, 7) is 0. The highest BCUT2D eigenvalue weighted by atomic mass is 19.2. The van der Waals surface area contributed by atoms with E-state index < -0.39 is 40.0 Å². The Bertz CT molecular complexity index is 857. The van der Waals surface area contributed by atoms with Crippen molar-refractivity contribution < 1.29 is 28.0 Å². The molecule has 26 heavy (non-hydrogen) atoms. The Morgan fingerprint density at radius 2 is 1.88 bits per heavy atom. The minimum absolute atomic E-state index is 0.174. The van der Waals surface area contributed by atoms with Crippen molar-refractivity contribution in [2.45, 2.75) is 12.5 Å². The quantitative estimate of drug-likeness (QED) is 0.482. The van der Waals surface area contributed by atoms with Gasteiger partial charge in [-0.3, -0.25) is 14.9 Å². The fourth-order valence-corrected chi connectivity index (χ4v) is 2.33. The second kappa shape index (κ2) is 8.15. The summed E-state index contributed by atoms with van der Waals surface area (Å²) < 4.78 is 31.6. The van der Waals surface area contributed by atoms with Crippen molar-refractivity contribution in [2.75, 3.05) is 7.11 Å². The molecule has 0 aliphatic carbocycles. The molecule has 0 aromatic heterocycles. The van der Waals surface area contributed by atoms with Crippen LogP contribution in [0.5, 0.6) is 0 Å². The van der Waals surface area contributed by atoms with Crippen LogP contribution < -0.4 is 5.32 Å². The predicted molar refractivity (Wildman–Crippen MR) is 86.4 cm³/mol. The minimum atomic E-state index is -1.36. The normalized spacial score (nSPS) is 11.5. The van der Waals surface area contributed by atoms with E-state index in [-0.39, 0.29) is 17.7 Å². The van der Waals surface area contributed by atoms with E-state index in [1.807, 2.05) is 0 Å². The van der Waals surface area contributed by atoms with E-state index in [1.54, 1.807) is 0 Å². The van der Waals surface area contributed by atoms with Gasteiger partial charge in [-0.05, 0) is 12.1 Å². The lowest BCUT2D eigenvalue weighted by Gasteiger charge is -2.17. The summed E-state index contributed by atoms with van der Waals surface area (Å²) >= 11 is 0. The van der Waals surface area contributed by atoms with Crippen molar-refractivity contribution >= 4 is 17.6 Å². The first-order valence-electron chi connectivity index (χ1n) is 7.40. The average Bonchev–Trinajstić information content (AvgIpc) is 2.62. The zero-order chi connectivity index (χ0) is 19.3. The van der Waals surface area contributed by atoms with Crippen LogP contribution in [-0.4, -0.2) is 30.0 Å². The van der Waals surface area contributed by atoms with E-state index in [0.717, 1.165) is 25.3 Å². The van der Waals surface area contributed by atoms with Crippen molar-refractivity contribution in [1.29, 1.82) is 0 Å². The van der Waals surface area contributed by atoms with Gasteiger partial charge in [0, 0.05) is 18.1 Å². The number of nitro benzene ring substituents is 1. The minimum Gasteiger partial charge on any atom is -0.467 e. The number of nitro groups is 1. The number of nitrogens with one attached hydrogen (secondary N) is 1. The molecule has 2 rings (SSSR count). The van der Waals surface area contributed by atoms with Gasteiger partial charge in [0.05, 0.1) is 17.6 Å². The SMILES string of the molecule is COC(=O)[C@@H](Cc1ccccc1[N+](=O)[O-])NC(=O)c1cccc(F)c1F. The summed E-state index contributed by atoms with van der Waals surface area (Å²) in [6.07, 6.45) is -0.257. The van der Waals surface area contributed by atoms with Gasteiger partial charge in [0.15, 0.2) is 11.6 Å². The number of para-hydroxylation sites is 1. The van der Waals surface area contributed by atoms with E-state index in [4.69, 9.17) is 0 Å². The third-order valence-electron chi connectivity index (χ3n) is 3.60. The Kier molecular flexibility index (Phi) is 5.94. The average molecular weight is 364 g/mol. The highest BCUT2D eigenvalue weighted by Crippen LogP contribution is 2.20. The van der Waals surface area contributed by atoms with E-state index >= 15 is 0 Å². The van der Waals surface area contributed by atoms with Gasteiger partial charge in [-0.15, -0.1) is 0 Å². The van der Waals surface area contributed by atoms with Crippen molar-refractivity contribution in [3.63, 3.8) is 0 Å².